The molecule has 2 aliphatic heterocycles. The molecule has 10 heteroatoms. The van der Waals surface area contributed by atoms with E-state index in [1.54, 1.807) is 62.9 Å². The van der Waals surface area contributed by atoms with E-state index in [1.165, 1.54) is 12.1 Å². The number of nitrogens with one attached hydrogen (secondary N) is 3. The van der Waals surface area contributed by atoms with E-state index in [1.807, 2.05) is 6.92 Å². The highest BCUT2D eigenvalue weighted by Gasteiger charge is 2.45. The number of amides is 3. The van der Waals surface area contributed by atoms with Crippen LogP contribution in [0.3, 0.4) is 0 Å². The molecule has 0 spiro atoms. The molecule has 2 heterocycles. The molecule has 4 rings (SSSR count). The summed E-state index contributed by atoms with van der Waals surface area (Å²) in [6, 6.07) is 9.25. The number of carbonyl (C=O) groups excluding carboxylic acids is 3. The van der Waals surface area contributed by atoms with Gasteiger partial charge in [-0.15, -0.1) is 0 Å². The Morgan fingerprint density at radius 1 is 1.21 bits per heavy atom. The van der Waals surface area contributed by atoms with Crippen molar-refractivity contribution < 1.29 is 28.6 Å². The van der Waals surface area contributed by atoms with Gasteiger partial charge >= 0.3 is 0 Å². The summed E-state index contributed by atoms with van der Waals surface area (Å²) in [6.07, 6.45) is 0.976. The fraction of sp³-hybridized carbons (Fsp3) is 0.483. The van der Waals surface area contributed by atoms with Gasteiger partial charge in [-0.1, -0.05) is 12.1 Å². The van der Waals surface area contributed by atoms with Crippen LogP contribution >= 0.6 is 0 Å². The predicted molar refractivity (Wildman–Crippen MR) is 143 cm³/mol. The largest absolute Gasteiger partial charge is 0.480 e. The number of benzene rings is 2. The van der Waals surface area contributed by atoms with Crippen LogP contribution in [-0.4, -0.2) is 57.6 Å². The average Bonchev–Trinajstić information content (AvgIpc) is 3.33. The first-order valence-electron chi connectivity index (χ1n) is 13.3. The van der Waals surface area contributed by atoms with Crippen LogP contribution in [0.1, 0.15) is 74.5 Å². The Kier molecular flexibility index (Phi) is 8.27. The second-order valence-corrected chi connectivity index (χ2v) is 11.1. The van der Waals surface area contributed by atoms with Gasteiger partial charge in [0.05, 0.1) is 17.7 Å². The maximum atomic E-state index is 14.0. The molecule has 4 N–H and O–H groups in total. The zero-order chi connectivity index (χ0) is 28.5. The van der Waals surface area contributed by atoms with Crippen molar-refractivity contribution in [3.63, 3.8) is 0 Å². The number of aryl methyl sites for hydroxylation is 1. The summed E-state index contributed by atoms with van der Waals surface area (Å²) >= 11 is 0. The Balaban J connectivity index is 1.48. The summed E-state index contributed by atoms with van der Waals surface area (Å²) in [6.45, 7) is 8.62. The first-order chi connectivity index (χ1) is 18.3. The number of hydrogen-bond acceptors (Lipinski definition) is 6. The number of likely N-dealkylation sites (tertiary alicyclic amines) is 1. The second-order valence-electron chi connectivity index (χ2n) is 11.1. The third-order valence-electron chi connectivity index (χ3n) is 7.41. The number of halogens is 1. The molecule has 210 valence electrons. The van der Waals surface area contributed by atoms with E-state index >= 15 is 0 Å². The Morgan fingerprint density at radius 3 is 2.62 bits per heavy atom. The van der Waals surface area contributed by atoms with E-state index in [0.717, 1.165) is 0 Å². The van der Waals surface area contributed by atoms with Gasteiger partial charge in [0.1, 0.15) is 17.6 Å². The van der Waals surface area contributed by atoms with Crippen molar-refractivity contribution in [2.75, 3.05) is 0 Å². The molecular formula is C29H37FN4O5. The van der Waals surface area contributed by atoms with E-state index < -0.39 is 41.6 Å². The molecule has 9 nitrogen and oxygen atoms in total. The molecule has 3 amide bonds. The van der Waals surface area contributed by atoms with Gasteiger partial charge in [0.2, 0.25) is 5.91 Å². The van der Waals surface area contributed by atoms with Crippen molar-refractivity contribution in [2.24, 2.45) is 0 Å². The SMILES string of the molecule is Cc1cc(C(=O)N[C@H](C)C(=O)N2[C@H](c3cccc(F)c3)CC[C@@H]2C(C)(C)O)ccc1OC1CC(C)NNC1=O. The highest BCUT2D eigenvalue weighted by molar-refractivity contribution is 5.98. The van der Waals surface area contributed by atoms with Crippen molar-refractivity contribution in [1.29, 1.82) is 0 Å². The monoisotopic (exact) mass is 540 g/mol. The van der Waals surface area contributed by atoms with E-state index in [0.29, 0.717) is 41.7 Å². The number of nitrogens with zero attached hydrogens (tertiary/aromatic N) is 1. The van der Waals surface area contributed by atoms with Gasteiger partial charge in [0.25, 0.3) is 11.8 Å². The fourth-order valence-electron chi connectivity index (χ4n) is 5.36. The highest BCUT2D eigenvalue weighted by atomic mass is 19.1. The van der Waals surface area contributed by atoms with Gasteiger partial charge in [0.15, 0.2) is 6.10 Å². The molecule has 0 saturated carbocycles. The maximum Gasteiger partial charge on any atom is 0.275 e. The first kappa shape index (κ1) is 28.5. The molecule has 2 aliphatic rings. The van der Waals surface area contributed by atoms with Crippen molar-refractivity contribution in [3.8, 4) is 5.75 Å². The zero-order valence-electron chi connectivity index (χ0n) is 23.0. The minimum Gasteiger partial charge on any atom is -0.480 e. The molecule has 39 heavy (non-hydrogen) atoms. The molecule has 5 atom stereocenters. The zero-order valence-corrected chi connectivity index (χ0v) is 23.0. The van der Waals surface area contributed by atoms with Crippen LogP contribution in [0.2, 0.25) is 0 Å². The summed E-state index contributed by atoms with van der Waals surface area (Å²) in [5, 5.41) is 13.6. The maximum absolute atomic E-state index is 14.0. The topological polar surface area (TPSA) is 120 Å². The van der Waals surface area contributed by atoms with Crippen LogP contribution in [0.15, 0.2) is 42.5 Å². The van der Waals surface area contributed by atoms with Gasteiger partial charge in [0, 0.05) is 18.0 Å². The number of hydrazine groups is 1. The van der Waals surface area contributed by atoms with Gasteiger partial charge in [-0.05, 0) is 88.9 Å². The molecule has 0 aromatic heterocycles. The summed E-state index contributed by atoms with van der Waals surface area (Å²) in [7, 11) is 0. The van der Waals surface area contributed by atoms with E-state index in [9.17, 15) is 23.9 Å². The number of hydrogen-bond donors (Lipinski definition) is 4. The van der Waals surface area contributed by atoms with Crippen LogP contribution in [0, 0.1) is 12.7 Å². The van der Waals surface area contributed by atoms with Crippen molar-refractivity contribution >= 4 is 17.7 Å². The minimum absolute atomic E-state index is 0.0595. The smallest absolute Gasteiger partial charge is 0.275 e. The van der Waals surface area contributed by atoms with Crippen LogP contribution in [0.25, 0.3) is 0 Å². The Morgan fingerprint density at radius 2 is 1.95 bits per heavy atom. The van der Waals surface area contributed by atoms with Crippen molar-refractivity contribution in [1.82, 2.24) is 21.1 Å². The van der Waals surface area contributed by atoms with Crippen molar-refractivity contribution in [2.45, 2.75) is 89.8 Å². The number of ether oxygens (including phenoxy) is 1. The summed E-state index contributed by atoms with van der Waals surface area (Å²) in [4.78, 5) is 40.5. The Hall–Kier alpha value is -3.50. The van der Waals surface area contributed by atoms with Crippen LogP contribution in [0.5, 0.6) is 5.75 Å². The lowest BCUT2D eigenvalue weighted by molar-refractivity contribution is -0.141. The molecular weight excluding hydrogens is 503 g/mol. The first-order valence-corrected chi connectivity index (χ1v) is 13.3. The molecule has 0 radical (unpaired) electrons. The number of carbonyl (C=O) groups is 3. The molecule has 2 fully saturated rings. The standard InChI is InChI=1S/C29H37FN4O5/c1-16-13-20(9-11-23(16)39-24-14-17(2)32-33-27(24)36)26(35)31-18(3)28(37)34-22(10-12-25(34)29(4,5)38)19-7-6-8-21(30)15-19/h6-9,11,13,15,17-18,22,24-25,32,38H,10,12,14H2,1-5H3,(H,31,35)(H,33,36)/t17?,18-,22+,24?,25-/m1/s1. The molecule has 2 aromatic rings. The van der Waals surface area contributed by atoms with Crippen LogP contribution in [0.4, 0.5) is 4.39 Å². The van der Waals surface area contributed by atoms with Gasteiger partial charge in [-0.25, -0.2) is 9.82 Å². The minimum atomic E-state index is -1.18. The van der Waals surface area contributed by atoms with E-state index in [-0.39, 0.29) is 17.9 Å². The van der Waals surface area contributed by atoms with Gasteiger partial charge in [-0.3, -0.25) is 19.8 Å². The average molecular weight is 541 g/mol. The molecule has 2 saturated heterocycles. The van der Waals surface area contributed by atoms with Crippen LogP contribution in [-0.2, 0) is 9.59 Å². The highest BCUT2D eigenvalue weighted by Crippen LogP contribution is 2.40. The lowest BCUT2D eigenvalue weighted by Crippen LogP contribution is -2.56. The number of rotatable bonds is 7. The van der Waals surface area contributed by atoms with Crippen LogP contribution < -0.4 is 20.9 Å². The Labute approximate surface area is 228 Å². The van der Waals surface area contributed by atoms with E-state index in [2.05, 4.69) is 16.2 Å². The quantitative estimate of drug-likeness (QED) is 0.429. The number of aliphatic hydroxyl groups is 1. The van der Waals surface area contributed by atoms with Gasteiger partial charge in [-0.2, -0.15) is 0 Å². The molecule has 2 aromatic carbocycles. The van der Waals surface area contributed by atoms with E-state index in [4.69, 9.17) is 4.74 Å². The second kappa shape index (κ2) is 11.3. The Bertz CT molecular complexity index is 1250. The molecule has 0 bridgehead atoms. The summed E-state index contributed by atoms with van der Waals surface area (Å²) < 4.78 is 19.9. The van der Waals surface area contributed by atoms with Gasteiger partial charge < -0.3 is 20.1 Å². The normalized spacial score (nSPS) is 24.2. The fourth-order valence-corrected chi connectivity index (χ4v) is 5.36. The van der Waals surface area contributed by atoms with Crippen molar-refractivity contribution in [3.05, 3.63) is 65.0 Å². The predicted octanol–water partition coefficient (Wildman–Crippen LogP) is 2.92. The molecule has 0 aliphatic carbocycles. The summed E-state index contributed by atoms with van der Waals surface area (Å²) in [5.41, 5.74) is 5.93. The third-order valence-corrected chi connectivity index (χ3v) is 7.41. The third kappa shape index (κ3) is 6.39. The summed E-state index contributed by atoms with van der Waals surface area (Å²) in [5.74, 6) is -0.964. The lowest BCUT2D eigenvalue weighted by atomic mass is 9.96. The molecule has 2 unspecified atom stereocenters. The lowest BCUT2D eigenvalue weighted by Gasteiger charge is -2.38.